The van der Waals surface area contributed by atoms with Crippen LogP contribution >= 0.6 is 11.6 Å². The van der Waals surface area contributed by atoms with Crippen molar-refractivity contribution in [3.63, 3.8) is 0 Å². The van der Waals surface area contributed by atoms with Crippen LogP contribution in [0.4, 0.5) is 11.4 Å². The maximum absolute atomic E-state index is 13.4. The van der Waals surface area contributed by atoms with E-state index in [4.69, 9.17) is 16.7 Å². The number of anilines is 2. The van der Waals surface area contributed by atoms with Gasteiger partial charge in [-0.25, -0.2) is 4.68 Å². The molecular formula is C26H25ClN4O2. The van der Waals surface area contributed by atoms with Gasteiger partial charge >= 0.3 is 0 Å². The van der Waals surface area contributed by atoms with Crippen LogP contribution in [0.1, 0.15) is 38.3 Å². The zero-order valence-electron chi connectivity index (χ0n) is 18.8. The normalized spacial score (nSPS) is 10.9. The first-order valence-corrected chi connectivity index (χ1v) is 11.0. The van der Waals surface area contributed by atoms with E-state index in [1.54, 1.807) is 29.1 Å². The second-order valence-corrected chi connectivity index (χ2v) is 8.56. The van der Waals surface area contributed by atoms with Crippen molar-refractivity contribution < 1.29 is 9.90 Å². The molecule has 7 heteroatoms. The smallest absolute Gasteiger partial charge is 0.194 e. The minimum absolute atomic E-state index is 0.00314. The van der Waals surface area contributed by atoms with Gasteiger partial charge in [-0.15, -0.1) is 5.10 Å². The van der Waals surface area contributed by atoms with Crippen LogP contribution in [-0.4, -0.2) is 32.5 Å². The first-order valence-electron chi connectivity index (χ1n) is 10.7. The number of nitrogens with zero attached hydrogens (tertiary/aromatic N) is 3. The van der Waals surface area contributed by atoms with Crippen molar-refractivity contribution in [1.82, 2.24) is 15.0 Å². The number of nitrogens with one attached hydrogen (secondary N) is 1. The van der Waals surface area contributed by atoms with E-state index in [9.17, 15) is 4.79 Å². The van der Waals surface area contributed by atoms with Gasteiger partial charge in [0.15, 0.2) is 5.78 Å². The van der Waals surface area contributed by atoms with Crippen LogP contribution in [-0.2, 0) is 6.42 Å². The largest absolute Gasteiger partial charge is 0.396 e. The highest BCUT2D eigenvalue weighted by atomic mass is 35.5. The van der Waals surface area contributed by atoms with Crippen LogP contribution in [0.5, 0.6) is 0 Å². The van der Waals surface area contributed by atoms with Crippen molar-refractivity contribution in [1.29, 1.82) is 0 Å². The lowest BCUT2D eigenvalue weighted by atomic mass is 9.98. The molecule has 168 valence electrons. The summed E-state index contributed by atoms with van der Waals surface area (Å²) in [5, 5.41) is 21.0. The molecule has 0 aliphatic rings. The second kappa shape index (κ2) is 9.57. The van der Waals surface area contributed by atoms with Crippen LogP contribution in [0.2, 0.25) is 5.02 Å². The number of benzene rings is 3. The summed E-state index contributed by atoms with van der Waals surface area (Å²) in [5.74, 6) is -0.159. The van der Waals surface area contributed by atoms with Crippen molar-refractivity contribution in [3.05, 3.63) is 99.3 Å². The average Bonchev–Trinajstić information content (AvgIpc) is 3.22. The molecule has 3 aromatic carbocycles. The van der Waals surface area contributed by atoms with Gasteiger partial charge in [-0.3, -0.25) is 4.79 Å². The van der Waals surface area contributed by atoms with Crippen LogP contribution in [0, 0.1) is 20.8 Å². The minimum atomic E-state index is -0.159. The van der Waals surface area contributed by atoms with Crippen LogP contribution in [0.15, 0.2) is 60.8 Å². The zero-order valence-corrected chi connectivity index (χ0v) is 19.5. The Balaban J connectivity index is 1.61. The molecular weight excluding hydrogens is 436 g/mol. The first kappa shape index (κ1) is 22.7. The highest BCUT2D eigenvalue weighted by Gasteiger charge is 2.17. The molecule has 0 amide bonds. The van der Waals surface area contributed by atoms with E-state index >= 15 is 0 Å². The number of hydrogen-bond donors (Lipinski definition) is 2. The van der Waals surface area contributed by atoms with Gasteiger partial charge in [0, 0.05) is 35.5 Å². The summed E-state index contributed by atoms with van der Waals surface area (Å²) in [5.41, 5.74) is 7.33. The molecule has 2 N–H and O–H groups in total. The Bertz CT molecular complexity index is 1310. The van der Waals surface area contributed by atoms with Crippen molar-refractivity contribution in [2.45, 2.75) is 27.2 Å². The van der Waals surface area contributed by atoms with Crippen molar-refractivity contribution in [2.75, 3.05) is 11.9 Å². The number of aryl methyl sites for hydroxylation is 3. The van der Waals surface area contributed by atoms with E-state index in [-0.39, 0.29) is 12.4 Å². The van der Waals surface area contributed by atoms with E-state index < -0.39 is 0 Å². The molecule has 0 aliphatic heterocycles. The fourth-order valence-electron chi connectivity index (χ4n) is 3.79. The van der Waals surface area contributed by atoms with Crippen molar-refractivity contribution >= 4 is 28.8 Å². The maximum Gasteiger partial charge on any atom is 0.194 e. The molecule has 0 spiro atoms. The monoisotopic (exact) mass is 460 g/mol. The number of carbonyl (C=O) groups excluding carboxylic acids is 1. The number of carbonyl (C=O) groups is 1. The van der Waals surface area contributed by atoms with E-state index in [1.807, 2.05) is 25.1 Å². The molecule has 0 fully saturated rings. The number of aromatic nitrogens is 3. The Labute approximate surface area is 197 Å². The van der Waals surface area contributed by atoms with Gasteiger partial charge in [0.05, 0.1) is 22.6 Å². The van der Waals surface area contributed by atoms with Crippen molar-refractivity contribution in [3.8, 4) is 5.69 Å². The van der Waals surface area contributed by atoms with E-state index in [1.165, 1.54) is 11.1 Å². The van der Waals surface area contributed by atoms with Gasteiger partial charge in [-0.1, -0.05) is 28.9 Å². The number of halogens is 1. The second-order valence-electron chi connectivity index (χ2n) is 8.15. The minimum Gasteiger partial charge on any atom is -0.396 e. The summed E-state index contributed by atoms with van der Waals surface area (Å²) in [6.45, 7) is 5.99. The number of aliphatic hydroxyl groups is 1. The van der Waals surface area contributed by atoms with Gasteiger partial charge < -0.3 is 10.4 Å². The molecule has 6 nitrogen and oxygen atoms in total. The Morgan fingerprint density at radius 1 is 0.970 bits per heavy atom. The molecule has 0 unspecified atom stereocenters. The zero-order chi connectivity index (χ0) is 23.5. The molecule has 1 aromatic heterocycles. The molecule has 0 bridgehead atoms. The third-order valence-corrected chi connectivity index (χ3v) is 5.68. The predicted octanol–water partition coefficient (Wildman–Crippen LogP) is 5.36. The molecule has 4 aromatic rings. The third kappa shape index (κ3) is 5.13. The third-order valence-electron chi connectivity index (χ3n) is 5.36. The lowest BCUT2D eigenvalue weighted by Gasteiger charge is -2.12. The number of ketones is 1. The molecule has 0 aliphatic carbocycles. The lowest BCUT2D eigenvalue weighted by molar-refractivity contribution is 0.103. The standard InChI is InChI=1S/C26H25ClN4O2/c1-16-10-17(2)12-21(11-16)28-19-5-7-23(25(27)13-19)26(33)24-14-22(6-4-18(24)3)31-15-20(8-9-32)29-30-31/h4-7,10-15,28,32H,8-9H2,1-3H3. The molecule has 0 saturated carbocycles. The lowest BCUT2D eigenvalue weighted by Crippen LogP contribution is -2.07. The fourth-order valence-corrected chi connectivity index (χ4v) is 4.05. The highest BCUT2D eigenvalue weighted by molar-refractivity contribution is 6.35. The predicted molar refractivity (Wildman–Crippen MR) is 131 cm³/mol. The molecule has 0 atom stereocenters. The van der Waals surface area contributed by atoms with Crippen LogP contribution < -0.4 is 5.32 Å². The fraction of sp³-hybridized carbons (Fsp3) is 0.192. The molecule has 1 heterocycles. The Hall–Kier alpha value is -3.48. The quantitative estimate of drug-likeness (QED) is 0.363. The van der Waals surface area contributed by atoms with Crippen LogP contribution in [0.3, 0.4) is 0 Å². The molecule has 4 rings (SSSR count). The van der Waals surface area contributed by atoms with Gasteiger partial charge in [-0.2, -0.15) is 0 Å². The summed E-state index contributed by atoms with van der Waals surface area (Å²) in [4.78, 5) is 13.4. The van der Waals surface area contributed by atoms with E-state index in [0.29, 0.717) is 34.0 Å². The van der Waals surface area contributed by atoms with Gasteiger partial charge in [-0.05, 0) is 79.9 Å². The van der Waals surface area contributed by atoms with Gasteiger partial charge in [0.25, 0.3) is 0 Å². The SMILES string of the molecule is Cc1cc(C)cc(Nc2ccc(C(=O)c3cc(-n4cc(CCO)nn4)ccc3C)c(Cl)c2)c1. The number of hydrogen-bond acceptors (Lipinski definition) is 5. The summed E-state index contributed by atoms with van der Waals surface area (Å²) in [6.07, 6.45) is 2.17. The highest BCUT2D eigenvalue weighted by Crippen LogP contribution is 2.28. The van der Waals surface area contributed by atoms with E-state index in [2.05, 4.69) is 47.7 Å². The Kier molecular flexibility index (Phi) is 6.58. The number of aliphatic hydroxyl groups excluding tert-OH is 1. The van der Waals surface area contributed by atoms with Crippen molar-refractivity contribution in [2.24, 2.45) is 0 Å². The topological polar surface area (TPSA) is 80.0 Å². The number of rotatable bonds is 7. The summed E-state index contributed by atoms with van der Waals surface area (Å²) < 4.78 is 1.60. The summed E-state index contributed by atoms with van der Waals surface area (Å²) in [7, 11) is 0. The maximum atomic E-state index is 13.4. The Morgan fingerprint density at radius 3 is 2.42 bits per heavy atom. The van der Waals surface area contributed by atoms with Gasteiger partial charge in [0.2, 0.25) is 0 Å². The first-order chi connectivity index (χ1) is 15.8. The molecule has 33 heavy (non-hydrogen) atoms. The summed E-state index contributed by atoms with van der Waals surface area (Å²) >= 11 is 6.54. The summed E-state index contributed by atoms with van der Waals surface area (Å²) in [6, 6.07) is 17.1. The molecule has 0 radical (unpaired) electrons. The van der Waals surface area contributed by atoms with Gasteiger partial charge in [0.1, 0.15) is 0 Å². The Morgan fingerprint density at radius 2 is 1.73 bits per heavy atom. The molecule has 0 saturated heterocycles. The van der Waals surface area contributed by atoms with E-state index in [0.717, 1.165) is 16.9 Å². The van der Waals surface area contributed by atoms with Crippen LogP contribution in [0.25, 0.3) is 5.69 Å². The average molecular weight is 461 g/mol.